The summed E-state index contributed by atoms with van der Waals surface area (Å²) in [5.74, 6) is 0.107. The van der Waals surface area contributed by atoms with Crippen LogP contribution in [0.1, 0.15) is 169 Å². The summed E-state index contributed by atoms with van der Waals surface area (Å²) in [7, 11) is 0. The zero-order valence-electron chi connectivity index (χ0n) is 26.0. The molecule has 3 aliphatic rings. The molecule has 37 heavy (non-hydrogen) atoms. The molecule has 0 saturated carbocycles. The first kappa shape index (κ1) is 31.4. The molecule has 218 valence electrons. The van der Waals surface area contributed by atoms with Crippen molar-refractivity contribution in [3.8, 4) is 0 Å². The zero-order valence-corrected chi connectivity index (χ0v) is 26.0. The molecule has 4 nitrogen and oxygen atoms in total. The highest BCUT2D eigenvalue weighted by molar-refractivity contribution is 5.18. The van der Waals surface area contributed by atoms with Gasteiger partial charge in [0.25, 0.3) is 0 Å². The highest BCUT2D eigenvalue weighted by atomic mass is 15.9. The SMILES string of the molecule is CCCCCCC1(CCCCCC)NN1C(N1CC1)(N1CC1)C(CC)(CCCCCC)CCCCCC. The molecule has 0 bridgehead atoms. The Kier molecular flexibility index (Phi) is 13.2. The van der Waals surface area contributed by atoms with Crippen molar-refractivity contribution in [2.24, 2.45) is 5.41 Å². The average molecular weight is 519 g/mol. The van der Waals surface area contributed by atoms with Gasteiger partial charge >= 0.3 is 0 Å². The van der Waals surface area contributed by atoms with E-state index in [-0.39, 0.29) is 11.4 Å². The van der Waals surface area contributed by atoms with E-state index in [2.05, 4.69) is 54.9 Å². The minimum Gasteiger partial charge on any atom is -0.269 e. The molecule has 1 N–H and O–H groups in total. The van der Waals surface area contributed by atoms with Crippen LogP contribution in [0.4, 0.5) is 0 Å². The lowest BCUT2D eigenvalue weighted by atomic mass is 9.68. The largest absolute Gasteiger partial charge is 0.269 e. The third-order valence-corrected chi connectivity index (χ3v) is 10.1. The van der Waals surface area contributed by atoms with Crippen molar-refractivity contribution in [2.45, 2.75) is 181 Å². The van der Waals surface area contributed by atoms with E-state index >= 15 is 0 Å². The minimum absolute atomic E-state index is 0.107. The van der Waals surface area contributed by atoms with Crippen LogP contribution in [0.5, 0.6) is 0 Å². The number of hydrogen-bond acceptors (Lipinski definition) is 4. The molecule has 3 saturated heterocycles. The third-order valence-electron chi connectivity index (χ3n) is 10.1. The zero-order chi connectivity index (χ0) is 26.6. The Morgan fingerprint density at radius 3 is 1.30 bits per heavy atom. The van der Waals surface area contributed by atoms with E-state index in [0.29, 0.717) is 5.41 Å². The van der Waals surface area contributed by atoms with Gasteiger partial charge in [0, 0.05) is 31.6 Å². The predicted octanol–water partition coefficient (Wildman–Crippen LogP) is 9.07. The second kappa shape index (κ2) is 15.6. The summed E-state index contributed by atoms with van der Waals surface area (Å²) in [6, 6.07) is 0. The molecule has 0 aromatic heterocycles. The summed E-state index contributed by atoms with van der Waals surface area (Å²) >= 11 is 0. The van der Waals surface area contributed by atoms with E-state index in [9.17, 15) is 0 Å². The van der Waals surface area contributed by atoms with Gasteiger partial charge in [-0.3, -0.25) is 9.80 Å². The number of hydrogen-bond donors (Lipinski definition) is 1. The molecule has 1 atom stereocenters. The van der Waals surface area contributed by atoms with Crippen molar-refractivity contribution in [1.29, 1.82) is 0 Å². The fraction of sp³-hybridized carbons (Fsp3) is 1.00. The Labute approximate surface area is 232 Å². The number of rotatable bonds is 25. The van der Waals surface area contributed by atoms with Crippen LogP contribution >= 0.6 is 0 Å². The predicted molar refractivity (Wildman–Crippen MR) is 161 cm³/mol. The van der Waals surface area contributed by atoms with Crippen LogP contribution in [0.3, 0.4) is 0 Å². The maximum absolute atomic E-state index is 4.21. The van der Waals surface area contributed by atoms with Gasteiger partial charge in [-0.05, 0) is 32.1 Å². The van der Waals surface area contributed by atoms with Gasteiger partial charge in [0.2, 0.25) is 0 Å². The summed E-state index contributed by atoms with van der Waals surface area (Å²) in [5.41, 5.74) is 4.81. The molecule has 3 aliphatic heterocycles. The fourth-order valence-corrected chi connectivity index (χ4v) is 7.65. The Bertz CT molecular complexity index is 575. The van der Waals surface area contributed by atoms with Crippen LogP contribution in [-0.2, 0) is 0 Å². The van der Waals surface area contributed by atoms with Gasteiger partial charge in [-0.1, -0.05) is 137 Å². The van der Waals surface area contributed by atoms with Crippen molar-refractivity contribution in [3.05, 3.63) is 0 Å². The van der Waals surface area contributed by atoms with Gasteiger partial charge < -0.3 is 0 Å². The van der Waals surface area contributed by atoms with Gasteiger partial charge in [-0.2, -0.15) is 5.01 Å². The second-order valence-electron chi connectivity index (χ2n) is 13.0. The summed E-state index contributed by atoms with van der Waals surface area (Å²) in [6.07, 6.45) is 28.9. The summed E-state index contributed by atoms with van der Waals surface area (Å²) < 4.78 is 0. The Balaban J connectivity index is 1.89. The Morgan fingerprint density at radius 2 is 0.946 bits per heavy atom. The van der Waals surface area contributed by atoms with Gasteiger partial charge in [0.05, 0.1) is 0 Å². The van der Waals surface area contributed by atoms with Crippen LogP contribution in [0.2, 0.25) is 0 Å². The van der Waals surface area contributed by atoms with E-state index in [1.165, 1.54) is 161 Å². The Morgan fingerprint density at radius 1 is 0.541 bits per heavy atom. The summed E-state index contributed by atoms with van der Waals surface area (Å²) in [5, 5.41) is 2.92. The lowest BCUT2D eigenvalue weighted by Crippen LogP contribution is -2.66. The number of hydrazine groups is 1. The van der Waals surface area contributed by atoms with E-state index in [0.717, 1.165) is 0 Å². The van der Waals surface area contributed by atoms with Crippen molar-refractivity contribution < 1.29 is 0 Å². The van der Waals surface area contributed by atoms with Gasteiger partial charge in [-0.15, -0.1) is 0 Å². The first-order valence-corrected chi connectivity index (χ1v) is 17.2. The number of nitrogens with zero attached hydrogens (tertiary/aromatic N) is 3. The van der Waals surface area contributed by atoms with Crippen LogP contribution < -0.4 is 5.43 Å². The topological polar surface area (TPSA) is 31.0 Å². The molecule has 3 heterocycles. The van der Waals surface area contributed by atoms with Crippen molar-refractivity contribution in [3.63, 3.8) is 0 Å². The van der Waals surface area contributed by atoms with E-state index < -0.39 is 0 Å². The normalized spacial score (nSPS) is 21.5. The number of nitrogens with one attached hydrogen (secondary N) is 1. The molecule has 1 unspecified atom stereocenters. The molecule has 0 amide bonds. The average Bonchev–Trinajstić information content (AvgIpc) is 3.76. The fourth-order valence-electron chi connectivity index (χ4n) is 7.65. The quantitative estimate of drug-likeness (QED) is 0.0964. The Hall–Kier alpha value is -0.160. The van der Waals surface area contributed by atoms with Gasteiger partial charge in [0.1, 0.15) is 5.66 Å². The van der Waals surface area contributed by atoms with E-state index in [4.69, 9.17) is 0 Å². The molecule has 0 aromatic carbocycles. The number of unbranched alkanes of at least 4 members (excludes halogenated alkanes) is 12. The van der Waals surface area contributed by atoms with Crippen molar-refractivity contribution >= 4 is 0 Å². The van der Waals surface area contributed by atoms with Gasteiger partial charge in [-0.25, -0.2) is 5.43 Å². The van der Waals surface area contributed by atoms with E-state index in [1.807, 2.05) is 0 Å². The van der Waals surface area contributed by atoms with Crippen LogP contribution in [-0.4, -0.2) is 52.4 Å². The lowest BCUT2D eigenvalue weighted by molar-refractivity contribution is -0.155. The van der Waals surface area contributed by atoms with Crippen LogP contribution in [0, 0.1) is 5.41 Å². The lowest BCUT2D eigenvalue weighted by Gasteiger charge is -2.54. The maximum atomic E-state index is 4.21. The van der Waals surface area contributed by atoms with Crippen LogP contribution in [0.25, 0.3) is 0 Å². The molecule has 3 rings (SSSR count). The van der Waals surface area contributed by atoms with Gasteiger partial charge in [0.15, 0.2) is 5.79 Å². The monoisotopic (exact) mass is 519 g/mol. The molecule has 0 spiro atoms. The summed E-state index contributed by atoms with van der Waals surface area (Å²) in [6.45, 7) is 17.1. The molecular weight excluding hydrogens is 452 g/mol. The van der Waals surface area contributed by atoms with Crippen LogP contribution in [0.15, 0.2) is 0 Å². The molecule has 0 radical (unpaired) electrons. The molecule has 4 heteroatoms. The molecule has 3 fully saturated rings. The minimum atomic E-state index is 0.107. The highest BCUT2D eigenvalue weighted by Crippen LogP contribution is 2.60. The maximum Gasteiger partial charge on any atom is 0.151 e. The smallest absolute Gasteiger partial charge is 0.151 e. The van der Waals surface area contributed by atoms with Crippen molar-refractivity contribution in [1.82, 2.24) is 20.2 Å². The highest BCUT2D eigenvalue weighted by Gasteiger charge is 2.73. The molecule has 0 aromatic rings. The molecular formula is C33H66N4. The standard InChI is InChI=1S/C33H66N4/c1-6-11-15-19-23-31(10-5,24-20-16-12-7-2)33(35-27-28-35,36-29-30-36)37-32(34-37,25-21-17-13-8-3)26-22-18-14-9-4/h34H,6-30H2,1-5H3. The molecule has 0 aliphatic carbocycles. The van der Waals surface area contributed by atoms with Crippen molar-refractivity contribution in [2.75, 3.05) is 26.2 Å². The second-order valence-corrected chi connectivity index (χ2v) is 13.0. The first-order chi connectivity index (χ1) is 18.1. The first-order valence-electron chi connectivity index (χ1n) is 17.2. The van der Waals surface area contributed by atoms with E-state index in [1.54, 1.807) is 0 Å². The third kappa shape index (κ3) is 7.74. The summed E-state index contributed by atoms with van der Waals surface area (Å²) in [4.78, 5) is 5.83.